The van der Waals surface area contributed by atoms with E-state index in [-0.39, 0.29) is 19.8 Å². The molecular weight excluding hydrogens is 276 g/mol. The quantitative estimate of drug-likeness (QED) is 0.276. The fourth-order valence-electron chi connectivity index (χ4n) is 1.06. The molecule has 0 aromatic carbocycles. The first-order chi connectivity index (χ1) is 9.81. The smallest absolute Gasteiger partial charge is 0.162 e. The summed E-state index contributed by atoms with van der Waals surface area (Å²) in [6, 6.07) is 0. The monoisotopic (exact) mass is 312 g/mol. The molecule has 0 rings (SSSR count). The molecule has 6 nitrogen and oxygen atoms in total. The fraction of sp³-hybridized carbons (Fsp3) is 1.00. The summed E-state index contributed by atoms with van der Waals surface area (Å²) >= 11 is 0. The van der Waals surface area contributed by atoms with Gasteiger partial charge in [-0.25, -0.2) is 0 Å². The molecule has 0 aromatic heterocycles. The zero-order valence-electron chi connectivity index (χ0n) is 13.8. The molecular formula is C15H36O6. The molecule has 0 aliphatic rings. The molecule has 1 atom stereocenters. The van der Waals surface area contributed by atoms with Crippen molar-refractivity contribution >= 4 is 0 Å². The summed E-state index contributed by atoms with van der Waals surface area (Å²) in [4.78, 5) is 0. The van der Waals surface area contributed by atoms with Crippen LogP contribution in [-0.2, 0) is 0 Å². The predicted molar refractivity (Wildman–Crippen MR) is 83.8 cm³/mol. The zero-order valence-corrected chi connectivity index (χ0v) is 13.8. The van der Waals surface area contributed by atoms with E-state index in [4.69, 9.17) is 30.6 Å². The third-order valence-electron chi connectivity index (χ3n) is 2.58. The first-order valence-corrected chi connectivity index (χ1v) is 7.76. The lowest BCUT2D eigenvalue weighted by Crippen LogP contribution is -2.26. The van der Waals surface area contributed by atoms with Crippen molar-refractivity contribution in [1.29, 1.82) is 0 Å². The van der Waals surface area contributed by atoms with Gasteiger partial charge in [-0.3, -0.25) is 0 Å². The number of hydrogen-bond donors (Lipinski definition) is 6. The number of aliphatic hydroxyl groups excluding tert-OH is 4. The molecule has 6 N–H and O–H groups in total. The summed E-state index contributed by atoms with van der Waals surface area (Å²) in [5.41, 5.74) is 0. The van der Waals surface area contributed by atoms with E-state index in [1.54, 1.807) is 6.92 Å². The summed E-state index contributed by atoms with van der Waals surface area (Å²) in [6.45, 7) is 5.66. The lowest BCUT2D eigenvalue weighted by molar-refractivity contribution is -0.167. The summed E-state index contributed by atoms with van der Waals surface area (Å²) < 4.78 is 0. The SMILES string of the molecule is CC(O)CO.CCCCCC(O)(O)CC.OCCCCO. The van der Waals surface area contributed by atoms with Gasteiger partial charge in [0.2, 0.25) is 0 Å². The Kier molecular flexibility index (Phi) is 24.2. The largest absolute Gasteiger partial charge is 0.396 e. The van der Waals surface area contributed by atoms with E-state index in [1.807, 2.05) is 0 Å². The predicted octanol–water partition coefficient (Wildman–Crippen LogP) is 0.768. The Labute approximate surface area is 129 Å². The highest BCUT2D eigenvalue weighted by Gasteiger charge is 2.18. The Morgan fingerprint density at radius 2 is 1.29 bits per heavy atom. The van der Waals surface area contributed by atoms with Crippen LogP contribution in [0.4, 0.5) is 0 Å². The van der Waals surface area contributed by atoms with Crippen molar-refractivity contribution < 1.29 is 30.6 Å². The molecule has 0 aliphatic carbocycles. The van der Waals surface area contributed by atoms with Gasteiger partial charge in [-0.15, -0.1) is 0 Å². The Balaban J connectivity index is -0.000000252. The zero-order chi connectivity index (χ0) is 17.1. The summed E-state index contributed by atoms with van der Waals surface area (Å²) in [6.07, 6.45) is 4.94. The van der Waals surface area contributed by atoms with Crippen molar-refractivity contribution in [2.75, 3.05) is 19.8 Å². The molecule has 1 unspecified atom stereocenters. The van der Waals surface area contributed by atoms with Crippen molar-refractivity contribution in [2.45, 2.75) is 77.6 Å². The van der Waals surface area contributed by atoms with Gasteiger partial charge in [0.25, 0.3) is 0 Å². The Morgan fingerprint density at radius 3 is 1.52 bits per heavy atom. The van der Waals surface area contributed by atoms with Gasteiger partial charge < -0.3 is 30.6 Å². The lowest BCUT2D eigenvalue weighted by Gasteiger charge is -2.18. The molecule has 0 aliphatic heterocycles. The number of aliphatic hydroxyl groups is 6. The van der Waals surface area contributed by atoms with Crippen molar-refractivity contribution in [2.24, 2.45) is 0 Å². The third kappa shape index (κ3) is 32.9. The molecule has 0 heterocycles. The average molecular weight is 312 g/mol. The van der Waals surface area contributed by atoms with Crippen molar-refractivity contribution in [3.8, 4) is 0 Å². The standard InChI is InChI=1S/C8H18O2.C4H10O2.C3H8O2/c1-3-5-6-7-8(9,10)4-2;5-3-1-2-4-6;1-3(5)2-4/h9-10H,3-7H2,1-2H3;5-6H,1-4H2;3-5H,2H2,1H3. The first kappa shape index (κ1) is 25.7. The van der Waals surface area contributed by atoms with Gasteiger partial charge in [0.1, 0.15) is 0 Å². The molecule has 0 radical (unpaired) electrons. The normalized spacial score (nSPS) is 11.9. The Hall–Kier alpha value is -0.240. The van der Waals surface area contributed by atoms with Crippen molar-refractivity contribution in [3.63, 3.8) is 0 Å². The van der Waals surface area contributed by atoms with E-state index in [9.17, 15) is 0 Å². The summed E-state index contributed by atoms with van der Waals surface area (Å²) in [5.74, 6) is -1.41. The van der Waals surface area contributed by atoms with Crippen LogP contribution in [0.5, 0.6) is 0 Å². The van der Waals surface area contributed by atoms with E-state index >= 15 is 0 Å². The van der Waals surface area contributed by atoms with Gasteiger partial charge in [0, 0.05) is 19.6 Å². The minimum Gasteiger partial charge on any atom is -0.396 e. The molecule has 0 amide bonds. The third-order valence-corrected chi connectivity index (χ3v) is 2.58. The van der Waals surface area contributed by atoms with Crippen LogP contribution in [0, 0.1) is 0 Å². The van der Waals surface area contributed by atoms with Crippen molar-refractivity contribution in [3.05, 3.63) is 0 Å². The number of unbranched alkanes of at least 4 members (excludes halogenated alkanes) is 3. The van der Waals surface area contributed by atoms with E-state index in [2.05, 4.69) is 6.92 Å². The van der Waals surface area contributed by atoms with Gasteiger partial charge in [0.15, 0.2) is 5.79 Å². The molecule has 0 spiro atoms. The van der Waals surface area contributed by atoms with Gasteiger partial charge in [-0.1, -0.05) is 26.7 Å². The molecule has 0 aromatic rings. The van der Waals surface area contributed by atoms with Gasteiger partial charge in [0.05, 0.1) is 12.7 Å². The van der Waals surface area contributed by atoms with Crippen LogP contribution >= 0.6 is 0 Å². The second-order valence-corrected chi connectivity index (χ2v) is 4.98. The molecule has 0 fully saturated rings. The van der Waals surface area contributed by atoms with Crippen molar-refractivity contribution in [1.82, 2.24) is 0 Å². The van der Waals surface area contributed by atoms with Crippen LogP contribution in [-0.4, -0.2) is 62.4 Å². The maximum atomic E-state index is 9.11. The molecule has 21 heavy (non-hydrogen) atoms. The molecule has 0 saturated carbocycles. The highest BCUT2D eigenvalue weighted by atomic mass is 16.5. The lowest BCUT2D eigenvalue weighted by atomic mass is 10.1. The molecule has 0 bridgehead atoms. The number of hydrogen-bond acceptors (Lipinski definition) is 6. The van der Waals surface area contributed by atoms with E-state index in [1.165, 1.54) is 6.92 Å². The Morgan fingerprint density at radius 1 is 0.857 bits per heavy atom. The van der Waals surface area contributed by atoms with Gasteiger partial charge in [-0.05, 0) is 32.6 Å². The highest BCUT2D eigenvalue weighted by molar-refractivity contribution is 4.60. The topological polar surface area (TPSA) is 121 Å². The van der Waals surface area contributed by atoms with Gasteiger partial charge >= 0.3 is 0 Å². The minimum absolute atomic E-state index is 0.139. The second kappa shape index (κ2) is 19.8. The molecule has 132 valence electrons. The van der Waals surface area contributed by atoms with Crippen LogP contribution < -0.4 is 0 Å². The van der Waals surface area contributed by atoms with Crippen LogP contribution in [0.3, 0.4) is 0 Å². The number of rotatable bonds is 9. The minimum atomic E-state index is -1.41. The first-order valence-electron chi connectivity index (χ1n) is 7.76. The van der Waals surface area contributed by atoms with E-state index in [0.29, 0.717) is 12.8 Å². The molecule has 0 saturated heterocycles. The maximum absolute atomic E-state index is 9.11. The fourth-order valence-corrected chi connectivity index (χ4v) is 1.06. The van der Waals surface area contributed by atoms with E-state index < -0.39 is 11.9 Å². The highest BCUT2D eigenvalue weighted by Crippen LogP contribution is 2.14. The van der Waals surface area contributed by atoms with Crippen LogP contribution in [0.25, 0.3) is 0 Å². The van der Waals surface area contributed by atoms with Crippen LogP contribution in [0.2, 0.25) is 0 Å². The Bertz CT molecular complexity index is 170. The summed E-state index contributed by atoms with van der Waals surface area (Å²) in [5, 5.41) is 50.4. The second-order valence-electron chi connectivity index (χ2n) is 4.98. The molecule has 6 heteroatoms. The summed E-state index contributed by atoms with van der Waals surface area (Å²) in [7, 11) is 0. The van der Waals surface area contributed by atoms with E-state index in [0.717, 1.165) is 32.1 Å². The van der Waals surface area contributed by atoms with Crippen LogP contribution in [0.1, 0.15) is 65.7 Å². The van der Waals surface area contributed by atoms with Crippen LogP contribution in [0.15, 0.2) is 0 Å². The average Bonchev–Trinajstić information content (AvgIpc) is 2.46. The maximum Gasteiger partial charge on any atom is 0.162 e. The van der Waals surface area contributed by atoms with Gasteiger partial charge in [-0.2, -0.15) is 0 Å².